The van der Waals surface area contributed by atoms with E-state index in [-0.39, 0.29) is 23.2 Å². The average Bonchev–Trinajstić information content (AvgIpc) is 2.78. The summed E-state index contributed by atoms with van der Waals surface area (Å²) in [6.07, 6.45) is 3.23. The van der Waals surface area contributed by atoms with E-state index in [0.29, 0.717) is 17.7 Å². The van der Waals surface area contributed by atoms with Crippen molar-refractivity contribution in [3.63, 3.8) is 0 Å². The number of halogens is 3. The number of carbonyl (C=O) groups is 2. The van der Waals surface area contributed by atoms with Gasteiger partial charge in [-0.25, -0.2) is 0 Å². The van der Waals surface area contributed by atoms with Crippen LogP contribution in [0, 0.1) is 6.92 Å². The summed E-state index contributed by atoms with van der Waals surface area (Å²) in [6.45, 7) is 1.86. The second kappa shape index (κ2) is 8.71. The molecule has 2 aromatic rings. The van der Waals surface area contributed by atoms with E-state index < -0.39 is 29.7 Å². The van der Waals surface area contributed by atoms with Gasteiger partial charge in [0.2, 0.25) is 0 Å². The molecule has 2 heterocycles. The van der Waals surface area contributed by atoms with E-state index in [1.54, 1.807) is 18.2 Å². The van der Waals surface area contributed by atoms with E-state index >= 15 is 0 Å². The third-order valence-electron chi connectivity index (χ3n) is 7.57. The molecular weight excluding hydrogens is 439 g/mol. The minimum absolute atomic E-state index is 0.0131. The van der Waals surface area contributed by atoms with Crippen molar-refractivity contribution in [1.29, 1.82) is 0 Å². The van der Waals surface area contributed by atoms with Crippen molar-refractivity contribution in [2.24, 2.45) is 0 Å². The fourth-order valence-corrected chi connectivity index (χ4v) is 5.92. The highest BCUT2D eigenvalue weighted by molar-refractivity contribution is 6.27. The highest BCUT2D eigenvalue weighted by Crippen LogP contribution is 2.41. The van der Waals surface area contributed by atoms with Gasteiger partial charge in [-0.05, 0) is 81.2 Å². The Labute approximate surface area is 197 Å². The lowest BCUT2D eigenvalue weighted by Crippen LogP contribution is -2.50. The highest BCUT2D eigenvalue weighted by Gasteiger charge is 2.38. The molecule has 0 atom stereocenters. The molecule has 6 heteroatoms. The summed E-state index contributed by atoms with van der Waals surface area (Å²) < 4.78 is 42.3. The van der Waals surface area contributed by atoms with Crippen LogP contribution in [-0.2, 0) is 23.8 Å². The SMILES string of the molecule is Cc1ccc2c(c1)C(=O)C(C(=O)Cc1ccc(N3C4CCCC3CCC4)cc1C(F)(F)F)=CC2. The number of Topliss-reactive ketones (excluding diaryl/α,β-unsaturated/α-hetero) is 2. The van der Waals surface area contributed by atoms with Gasteiger partial charge in [0.25, 0.3) is 0 Å². The third-order valence-corrected chi connectivity index (χ3v) is 7.57. The Kier molecular flexibility index (Phi) is 5.86. The maximum Gasteiger partial charge on any atom is 0.416 e. The molecule has 5 rings (SSSR count). The number of rotatable bonds is 4. The molecule has 3 nitrogen and oxygen atoms in total. The molecule has 2 aromatic carbocycles. The zero-order chi connectivity index (χ0) is 24.0. The number of hydrogen-bond donors (Lipinski definition) is 0. The smallest absolute Gasteiger partial charge is 0.366 e. The number of aryl methyl sites for hydroxylation is 1. The van der Waals surface area contributed by atoms with E-state index in [1.807, 2.05) is 19.1 Å². The van der Waals surface area contributed by atoms with Gasteiger partial charge < -0.3 is 4.90 Å². The van der Waals surface area contributed by atoms with Crippen LogP contribution >= 0.6 is 0 Å². The van der Waals surface area contributed by atoms with Crippen LogP contribution in [-0.4, -0.2) is 23.7 Å². The zero-order valence-electron chi connectivity index (χ0n) is 19.3. The fourth-order valence-electron chi connectivity index (χ4n) is 5.92. The number of anilines is 1. The topological polar surface area (TPSA) is 37.4 Å². The summed E-state index contributed by atoms with van der Waals surface area (Å²) in [4.78, 5) is 28.1. The molecule has 1 aliphatic carbocycles. The fraction of sp³-hybridized carbons (Fsp3) is 0.429. The van der Waals surface area contributed by atoms with E-state index in [4.69, 9.17) is 0 Å². The second-order valence-electron chi connectivity index (χ2n) is 9.83. The van der Waals surface area contributed by atoms with E-state index in [1.165, 1.54) is 12.1 Å². The molecule has 2 saturated heterocycles. The third kappa shape index (κ3) is 4.19. The molecule has 2 bridgehead atoms. The molecule has 34 heavy (non-hydrogen) atoms. The molecule has 0 N–H and O–H groups in total. The van der Waals surface area contributed by atoms with Crippen molar-refractivity contribution < 1.29 is 22.8 Å². The van der Waals surface area contributed by atoms with Crippen LogP contribution in [0.4, 0.5) is 18.9 Å². The summed E-state index contributed by atoms with van der Waals surface area (Å²) >= 11 is 0. The zero-order valence-corrected chi connectivity index (χ0v) is 19.3. The Morgan fingerprint density at radius 3 is 2.32 bits per heavy atom. The van der Waals surface area contributed by atoms with Gasteiger partial charge in [-0.2, -0.15) is 13.2 Å². The van der Waals surface area contributed by atoms with Crippen LogP contribution in [0.2, 0.25) is 0 Å². The predicted octanol–water partition coefficient (Wildman–Crippen LogP) is 6.40. The Bertz CT molecular complexity index is 1160. The lowest BCUT2D eigenvalue weighted by Gasteiger charge is -2.48. The Morgan fingerprint density at radius 1 is 1.00 bits per heavy atom. The highest BCUT2D eigenvalue weighted by atomic mass is 19.4. The Hall–Kier alpha value is -2.89. The Balaban J connectivity index is 1.43. The first-order chi connectivity index (χ1) is 16.2. The molecule has 0 saturated carbocycles. The van der Waals surface area contributed by atoms with E-state index in [0.717, 1.165) is 49.7 Å². The van der Waals surface area contributed by atoms with Crippen LogP contribution in [0.3, 0.4) is 0 Å². The maximum absolute atomic E-state index is 14.1. The second-order valence-corrected chi connectivity index (χ2v) is 9.83. The number of alkyl halides is 3. The van der Waals surface area contributed by atoms with Crippen LogP contribution in [0.5, 0.6) is 0 Å². The molecule has 0 amide bonds. The first-order valence-corrected chi connectivity index (χ1v) is 12.1. The number of nitrogens with zero attached hydrogens (tertiary/aromatic N) is 1. The van der Waals surface area contributed by atoms with E-state index in [9.17, 15) is 22.8 Å². The van der Waals surface area contributed by atoms with Gasteiger partial charge in [-0.1, -0.05) is 29.8 Å². The standard InChI is InChI=1S/C28H28F3NO2/c1-17-8-9-18-11-13-23(27(34)24(18)14-17)26(33)15-19-10-12-22(16-25(19)28(29,30)31)32-20-4-2-5-21(32)7-3-6-20/h8-10,12-14,16,20-21H,2-7,11,15H2,1H3. The van der Waals surface area contributed by atoms with Gasteiger partial charge in [0, 0.05) is 29.8 Å². The summed E-state index contributed by atoms with van der Waals surface area (Å²) in [6, 6.07) is 10.5. The van der Waals surface area contributed by atoms with Gasteiger partial charge in [0.15, 0.2) is 11.6 Å². The van der Waals surface area contributed by atoms with Crippen LogP contribution in [0.15, 0.2) is 48.0 Å². The van der Waals surface area contributed by atoms with Gasteiger partial charge in [0.1, 0.15) is 0 Å². The number of fused-ring (bicyclic) bond motifs is 3. The number of piperidine rings is 2. The van der Waals surface area contributed by atoms with Crippen molar-refractivity contribution in [2.75, 3.05) is 4.90 Å². The first-order valence-electron chi connectivity index (χ1n) is 12.1. The molecule has 0 radical (unpaired) electrons. The largest absolute Gasteiger partial charge is 0.416 e. The van der Waals surface area contributed by atoms with Crippen molar-refractivity contribution in [2.45, 2.75) is 76.6 Å². The summed E-state index contributed by atoms with van der Waals surface area (Å²) in [5, 5.41) is 0. The molecule has 0 unspecified atom stereocenters. The minimum atomic E-state index is -4.58. The lowest BCUT2D eigenvalue weighted by molar-refractivity contribution is -0.138. The molecule has 178 valence electrons. The quantitative estimate of drug-likeness (QED) is 0.488. The molecule has 2 fully saturated rings. The number of allylic oxidation sites excluding steroid dienone is 2. The Morgan fingerprint density at radius 2 is 1.68 bits per heavy atom. The normalized spacial score (nSPS) is 22.3. The van der Waals surface area contributed by atoms with Gasteiger partial charge in [0.05, 0.1) is 11.1 Å². The van der Waals surface area contributed by atoms with Crippen molar-refractivity contribution in [3.8, 4) is 0 Å². The van der Waals surface area contributed by atoms with Gasteiger partial charge >= 0.3 is 6.18 Å². The van der Waals surface area contributed by atoms with Crippen LogP contribution in [0.1, 0.15) is 71.1 Å². The van der Waals surface area contributed by atoms with Crippen LogP contribution in [0.25, 0.3) is 0 Å². The monoisotopic (exact) mass is 467 g/mol. The van der Waals surface area contributed by atoms with Gasteiger partial charge in [-0.3, -0.25) is 9.59 Å². The lowest BCUT2D eigenvalue weighted by atomic mass is 9.83. The van der Waals surface area contributed by atoms with Crippen molar-refractivity contribution in [1.82, 2.24) is 0 Å². The number of hydrogen-bond acceptors (Lipinski definition) is 3. The summed E-state index contributed by atoms with van der Waals surface area (Å²) in [7, 11) is 0. The summed E-state index contributed by atoms with van der Waals surface area (Å²) in [5.74, 6) is -0.966. The molecule has 0 aromatic heterocycles. The first kappa shape index (κ1) is 22.9. The molecular formula is C28H28F3NO2. The molecule has 0 spiro atoms. The minimum Gasteiger partial charge on any atom is -0.366 e. The van der Waals surface area contributed by atoms with Gasteiger partial charge in [-0.15, -0.1) is 0 Å². The predicted molar refractivity (Wildman–Crippen MR) is 125 cm³/mol. The van der Waals surface area contributed by atoms with E-state index in [2.05, 4.69) is 4.90 Å². The van der Waals surface area contributed by atoms with Crippen molar-refractivity contribution >= 4 is 17.3 Å². The number of carbonyl (C=O) groups excluding carboxylic acids is 2. The van der Waals surface area contributed by atoms with Crippen molar-refractivity contribution in [3.05, 3.63) is 75.9 Å². The molecule has 2 aliphatic heterocycles. The van der Waals surface area contributed by atoms with Crippen LogP contribution < -0.4 is 4.90 Å². The maximum atomic E-state index is 14.1. The average molecular weight is 468 g/mol. The molecule has 3 aliphatic rings. The summed E-state index contributed by atoms with van der Waals surface area (Å²) in [5.41, 5.74) is 1.93. The number of ketones is 2. The number of benzene rings is 2.